The van der Waals surface area contributed by atoms with Crippen LogP contribution in [0.15, 0.2) is 167 Å². The summed E-state index contributed by atoms with van der Waals surface area (Å²) in [5, 5.41) is 16.6. The van der Waals surface area contributed by atoms with E-state index in [0.717, 1.165) is 27.8 Å². The lowest BCUT2D eigenvalue weighted by molar-refractivity contribution is 0.584. The molecule has 48 heavy (non-hydrogen) atoms. The number of hydrogen-bond acceptors (Lipinski definition) is 6. The van der Waals surface area contributed by atoms with E-state index in [9.17, 15) is 0 Å². The van der Waals surface area contributed by atoms with E-state index in [2.05, 4.69) is 94.9 Å². The number of aromatic nitrogens is 4. The third-order valence-corrected chi connectivity index (χ3v) is 7.92. The molecule has 0 spiro atoms. The Bertz CT molecular complexity index is 2200. The molecule has 0 bridgehead atoms. The first kappa shape index (κ1) is 30.3. The Morgan fingerprint density at radius 3 is 0.854 bits per heavy atom. The predicted octanol–water partition coefficient (Wildman–Crippen LogP) is 10.8. The van der Waals surface area contributed by atoms with Crippen molar-refractivity contribution in [1.29, 1.82) is 0 Å². The van der Waals surface area contributed by atoms with E-state index < -0.39 is 0 Å². The molecule has 0 amide bonds. The Morgan fingerprint density at radius 2 is 0.500 bits per heavy atom. The maximum absolute atomic E-state index is 5.82. The van der Waals surface area contributed by atoms with Crippen LogP contribution in [-0.2, 0) is 0 Å². The first-order valence-corrected chi connectivity index (χ1v) is 15.7. The molecule has 0 unspecified atom stereocenters. The number of rotatable bonds is 6. The van der Waals surface area contributed by atoms with Crippen LogP contribution in [0.4, 0.5) is 0 Å². The first-order chi connectivity index (χ1) is 23.6. The van der Waals surface area contributed by atoms with Crippen LogP contribution in [0.25, 0.3) is 68.1 Å². The fourth-order valence-corrected chi connectivity index (χ4v) is 5.18. The lowest BCUT2D eigenvalue weighted by Crippen LogP contribution is -1.81. The van der Waals surface area contributed by atoms with E-state index in [1.807, 2.05) is 97.1 Å². The molecule has 2 aromatic heterocycles. The Labute approximate surface area is 279 Å². The largest absolute Gasteiger partial charge is 0.416 e. The van der Waals surface area contributed by atoms with Gasteiger partial charge in [-0.1, -0.05) is 120 Å². The van der Waals surface area contributed by atoms with Crippen molar-refractivity contribution in [2.75, 3.05) is 0 Å². The lowest BCUT2D eigenvalue weighted by atomic mass is 10.0. The number of nitrogens with zero attached hydrogens (tertiary/aromatic N) is 4. The average Bonchev–Trinajstić information content (AvgIpc) is 3.85. The van der Waals surface area contributed by atoms with Gasteiger partial charge in [0.25, 0.3) is 0 Å². The van der Waals surface area contributed by atoms with Gasteiger partial charge < -0.3 is 8.83 Å². The number of aryl methyl sites for hydroxylation is 2. The van der Waals surface area contributed by atoms with Gasteiger partial charge in [0.1, 0.15) is 0 Å². The van der Waals surface area contributed by atoms with Crippen LogP contribution in [0, 0.1) is 13.8 Å². The molecule has 0 saturated carbocycles. The van der Waals surface area contributed by atoms with Crippen LogP contribution in [0.2, 0.25) is 0 Å². The zero-order valence-electron chi connectivity index (χ0n) is 26.6. The maximum Gasteiger partial charge on any atom is 0.248 e. The summed E-state index contributed by atoms with van der Waals surface area (Å²) in [7, 11) is 0. The smallest absolute Gasteiger partial charge is 0.248 e. The van der Waals surface area contributed by atoms with Crippen molar-refractivity contribution in [1.82, 2.24) is 20.4 Å². The second-order valence-electron chi connectivity index (χ2n) is 11.4. The molecule has 0 atom stereocenters. The highest BCUT2D eigenvalue weighted by Crippen LogP contribution is 2.28. The van der Waals surface area contributed by atoms with Crippen molar-refractivity contribution in [2.24, 2.45) is 0 Å². The van der Waals surface area contributed by atoms with E-state index in [4.69, 9.17) is 8.83 Å². The Kier molecular flexibility index (Phi) is 8.78. The summed E-state index contributed by atoms with van der Waals surface area (Å²) < 4.78 is 11.6. The van der Waals surface area contributed by atoms with E-state index >= 15 is 0 Å². The molecule has 0 N–H and O–H groups in total. The standard InChI is InChI=1S/2C21H16N2O/c1-15-7-9-16(10-8-15)17-11-13-19(14-12-17)21-23-22-20(24-21)18-5-3-2-4-6-18;1-15-7-9-18(10-8-15)20-22-23-21(24-20)19-13-11-17(12-14-19)16-5-3-2-4-6-16/h2*2-14H,1H3. The van der Waals surface area contributed by atoms with Crippen LogP contribution in [0.5, 0.6) is 0 Å². The summed E-state index contributed by atoms with van der Waals surface area (Å²) in [4.78, 5) is 0. The van der Waals surface area contributed by atoms with Gasteiger partial charge in [0, 0.05) is 22.3 Å². The molecule has 232 valence electrons. The van der Waals surface area contributed by atoms with E-state index in [0.29, 0.717) is 23.6 Å². The van der Waals surface area contributed by atoms with E-state index in [-0.39, 0.29) is 0 Å². The normalized spacial score (nSPS) is 10.7. The van der Waals surface area contributed by atoms with Gasteiger partial charge in [-0.05, 0) is 84.6 Å². The van der Waals surface area contributed by atoms with Crippen LogP contribution >= 0.6 is 0 Å². The predicted molar refractivity (Wildman–Crippen MR) is 191 cm³/mol. The van der Waals surface area contributed by atoms with Crippen LogP contribution in [0.3, 0.4) is 0 Å². The molecule has 8 rings (SSSR count). The molecule has 6 nitrogen and oxygen atoms in total. The van der Waals surface area contributed by atoms with E-state index in [1.165, 1.54) is 27.8 Å². The fraction of sp³-hybridized carbons (Fsp3) is 0.0476. The van der Waals surface area contributed by atoms with Crippen molar-refractivity contribution < 1.29 is 8.83 Å². The summed E-state index contributed by atoms with van der Waals surface area (Å²) in [6, 6.07) is 52.9. The second kappa shape index (κ2) is 13.9. The van der Waals surface area contributed by atoms with Gasteiger partial charge in [-0.3, -0.25) is 0 Å². The highest BCUT2D eigenvalue weighted by atomic mass is 16.4. The van der Waals surface area contributed by atoms with Crippen molar-refractivity contribution in [3.05, 3.63) is 169 Å². The fourth-order valence-electron chi connectivity index (χ4n) is 5.18. The SMILES string of the molecule is Cc1ccc(-c2ccc(-c3nnc(-c4ccccc4)o3)cc2)cc1.Cc1ccc(-c2nnc(-c3ccc(-c4ccccc4)cc3)o2)cc1. The molecule has 0 saturated heterocycles. The Morgan fingerprint density at radius 1 is 0.271 bits per heavy atom. The molecule has 0 aliphatic heterocycles. The average molecular weight is 625 g/mol. The molecule has 0 aliphatic carbocycles. The lowest BCUT2D eigenvalue weighted by Gasteiger charge is -2.03. The molecular weight excluding hydrogens is 592 g/mol. The molecule has 6 heteroatoms. The highest BCUT2D eigenvalue weighted by molar-refractivity contribution is 5.69. The van der Waals surface area contributed by atoms with Gasteiger partial charge in [0.15, 0.2) is 0 Å². The molecule has 0 fully saturated rings. The van der Waals surface area contributed by atoms with E-state index in [1.54, 1.807) is 0 Å². The minimum Gasteiger partial charge on any atom is -0.416 e. The highest BCUT2D eigenvalue weighted by Gasteiger charge is 2.12. The van der Waals surface area contributed by atoms with Gasteiger partial charge in [-0.25, -0.2) is 0 Å². The minimum atomic E-state index is 0.532. The van der Waals surface area contributed by atoms with Crippen molar-refractivity contribution in [3.8, 4) is 68.1 Å². The zero-order valence-corrected chi connectivity index (χ0v) is 26.6. The zero-order chi connectivity index (χ0) is 32.7. The third kappa shape index (κ3) is 7.03. The van der Waals surface area contributed by atoms with Crippen molar-refractivity contribution in [2.45, 2.75) is 13.8 Å². The molecule has 6 aromatic carbocycles. The van der Waals surface area contributed by atoms with Crippen molar-refractivity contribution >= 4 is 0 Å². The van der Waals surface area contributed by atoms with Crippen LogP contribution < -0.4 is 0 Å². The molecule has 2 heterocycles. The summed E-state index contributed by atoms with van der Waals surface area (Å²) >= 11 is 0. The van der Waals surface area contributed by atoms with Gasteiger partial charge in [-0.2, -0.15) is 0 Å². The summed E-state index contributed by atoms with van der Waals surface area (Å²) in [5.74, 6) is 2.14. The molecule has 0 radical (unpaired) electrons. The van der Waals surface area contributed by atoms with Crippen LogP contribution in [-0.4, -0.2) is 20.4 Å². The van der Waals surface area contributed by atoms with Gasteiger partial charge in [0.05, 0.1) is 0 Å². The molecular formula is C42H32N4O2. The van der Waals surface area contributed by atoms with Crippen molar-refractivity contribution in [3.63, 3.8) is 0 Å². The molecule has 8 aromatic rings. The quantitative estimate of drug-likeness (QED) is 0.183. The second-order valence-corrected chi connectivity index (χ2v) is 11.4. The number of benzene rings is 6. The van der Waals surface area contributed by atoms with Crippen LogP contribution in [0.1, 0.15) is 11.1 Å². The third-order valence-electron chi connectivity index (χ3n) is 7.92. The van der Waals surface area contributed by atoms with Gasteiger partial charge >= 0.3 is 0 Å². The monoisotopic (exact) mass is 624 g/mol. The minimum absolute atomic E-state index is 0.532. The Hall–Kier alpha value is -6.40. The number of hydrogen-bond donors (Lipinski definition) is 0. The Balaban J connectivity index is 0.000000152. The summed E-state index contributed by atoms with van der Waals surface area (Å²) in [5.41, 5.74) is 10.9. The first-order valence-electron chi connectivity index (χ1n) is 15.7. The van der Waals surface area contributed by atoms with Gasteiger partial charge in [-0.15, -0.1) is 20.4 Å². The summed E-state index contributed by atoms with van der Waals surface area (Å²) in [6.45, 7) is 4.14. The van der Waals surface area contributed by atoms with Gasteiger partial charge in [0.2, 0.25) is 23.6 Å². The summed E-state index contributed by atoms with van der Waals surface area (Å²) in [6.07, 6.45) is 0. The maximum atomic E-state index is 5.82. The topological polar surface area (TPSA) is 77.8 Å². The molecule has 0 aliphatic rings.